The lowest BCUT2D eigenvalue weighted by Gasteiger charge is -2.33. The molecule has 1 aliphatic rings. The Hall–Kier alpha value is -3.08. The average molecular weight is 552 g/mol. The Morgan fingerprint density at radius 1 is 1.17 bits per heavy atom. The van der Waals surface area contributed by atoms with Crippen LogP contribution in [0.3, 0.4) is 0 Å². The summed E-state index contributed by atoms with van der Waals surface area (Å²) in [4.78, 5) is 26.1. The number of halogens is 4. The van der Waals surface area contributed by atoms with Gasteiger partial charge in [0.1, 0.15) is 11.6 Å². The number of anilines is 2. The highest BCUT2D eigenvalue weighted by Gasteiger charge is 2.32. The molecule has 0 spiro atoms. The van der Waals surface area contributed by atoms with Crippen LogP contribution < -0.4 is 19.9 Å². The van der Waals surface area contributed by atoms with Gasteiger partial charge in [-0.3, -0.25) is 4.79 Å². The van der Waals surface area contributed by atoms with Crippen molar-refractivity contribution < 1.29 is 22.7 Å². The molecule has 0 atom stereocenters. The van der Waals surface area contributed by atoms with E-state index in [0.717, 1.165) is 16.7 Å². The summed E-state index contributed by atoms with van der Waals surface area (Å²) >= 11 is 3.13. The van der Waals surface area contributed by atoms with Gasteiger partial charge in [-0.1, -0.05) is 34.1 Å². The number of rotatable bonds is 6. The maximum atomic E-state index is 12.7. The van der Waals surface area contributed by atoms with Crippen LogP contribution in [0.5, 0.6) is 5.75 Å². The van der Waals surface area contributed by atoms with Gasteiger partial charge in [0.15, 0.2) is 0 Å². The molecule has 11 heteroatoms. The van der Waals surface area contributed by atoms with Gasteiger partial charge in [0, 0.05) is 48.6 Å². The van der Waals surface area contributed by atoms with Gasteiger partial charge in [-0.25, -0.2) is 4.98 Å². The van der Waals surface area contributed by atoms with Crippen LogP contribution in [0.4, 0.5) is 24.9 Å². The zero-order valence-corrected chi connectivity index (χ0v) is 20.9. The fourth-order valence-corrected chi connectivity index (χ4v) is 4.44. The van der Waals surface area contributed by atoms with Crippen molar-refractivity contribution in [3.63, 3.8) is 0 Å². The Labute approximate surface area is 209 Å². The number of benzene rings is 2. The molecule has 1 fully saturated rings. The van der Waals surface area contributed by atoms with E-state index in [2.05, 4.69) is 30.9 Å². The Morgan fingerprint density at radius 2 is 1.89 bits per heavy atom. The molecule has 35 heavy (non-hydrogen) atoms. The molecule has 0 bridgehead atoms. The van der Waals surface area contributed by atoms with Crippen molar-refractivity contribution in [2.24, 2.45) is 0 Å². The highest BCUT2D eigenvalue weighted by atomic mass is 79.9. The van der Waals surface area contributed by atoms with Crippen molar-refractivity contribution in [3.8, 4) is 5.75 Å². The Balaban J connectivity index is 1.38. The molecule has 186 valence electrons. The number of aromatic nitrogens is 2. The lowest BCUT2D eigenvalue weighted by molar-refractivity contribution is -0.274. The summed E-state index contributed by atoms with van der Waals surface area (Å²) in [6.07, 6.45) is -3.70. The van der Waals surface area contributed by atoms with Gasteiger partial charge in [0.2, 0.25) is 11.9 Å². The number of amides is 1. The third-order valence-corrected chi connectivity index (χ3v) is 6.24. The summed E-state index contributed by atoms with van der Waals surface area (Å²) in [6.45, 7) is 1.30. The number of alkyl halides is 3. The lowest BCUT2D eigenvalue weighted by Crippen LogP contribution is -2.45. The standard InChI is InChI=1S/C24H25BrF3N5O2/c1-32(2)22-18-5-3-4-6-19(18)30-23(31-22)33-11-9-17(10-12-33)29-21(34)13-15-7-8-16(25)14-20(15)35-24(26,27)28/h3-8,14,17H,9-13H2,1-2H3,(H,29,34). The van der Waals surface area contributed by atoms with E-state index in [1.165, 1.54) is 12.1 Å². The molecule has 1 aliphatic heterocycles. The second-order valence-corrected chi connectivity index (χ2v) is 9.48. The summed E-state index contributed by atoms with van der Waals surface area (Å²) in [6, 6.07) is 12.0. The van der Waals surface area contributed by atoms with Crippen LogP contribution in [0.2, 0.25) is 0 Å². The van der Waals surface area contributed by atoms with Crippen LogP contribution >= 0.6 is 15.9 Å². The van der Waals surface area contributed by atoms with E-state index >= 15 is 0 Å². The Bertz CT molecular complexity index is 1210. The lowest BCUT2D eigenvalue weighted by atomic mass is 10.0. The van der Waals surface area contributed by atoms with Crippen LogP contribution in [0.1, 0.15) is 18.4 Å². The van der Waals surface area contributed by atoms with Gasteiger partial charge in [-0.2, -0.15) is 4.98 Å². The molecule has 1 saturated heterocycles. The Morgan fingerprint density at radius 3 is 2.57 bits per heavy atom. The predicted molar refractivity (Wildman–Crippen MR) is 132 cm³/mol. The van der Waals surface area contributed by atoms with Crippen LogP contribution in [-0.2, 0) is 11.2 Å². The second kappa shape index (κ2) is 10.3. The van der Waals surface area contributed by atoms with Crippen molar-refractivity contribution in [2.45, 2.75) is 31.7 Å². The van der Waals surface area contributed by atoms with E-state index in [4.69, 9.17) is 9.97 Å². The Kier molecular flexibility index (Phi) is 7.34. The summed E-state index contributed by atoms with van der Waals surface area (Å²) < 4.78 is 42.7. The number of piperidine rings is 1. The molecule has 7 nitrogen and oxygen atoms in total. The SMILES string of the molecule is CN(C)c1nc(N2CCC(NC(=O)Cc3ccc(Br)cc3OC(F)(F)F)CC2)nc2ccccc12. The largest absolute Gasteiger partial charge is 0.573 e. The molecule has 1 N–H and O–H groups in total. The van der Waals surface area contributed by atoms with Gasteiger partial charge >= 0.3 is 6.36 Å². The molecular weight excluding hydrogens is 527 g/mol. The van der Waals surface area contributed by atoms with Crippen molar-refractivity contribution in [3.05, 3.63) is 52.5 Å². The molecule has 2 aromatic carbocycles. The van der Waals surface area contributed by atoms with Gasteiger partial charge in [-0.15, -0.1) is 13.2 Å². The molecule has 0 unspecified atom stereocenters. The van der Waals surface area contributed by atoms with Crippen molar-refractivity contribution in [1.29, 1.82) is 0 Å². The van der Waals surface area contributed by atoms with Gasteiger partial charge in [0.05, 0.1) is 11.9 Å². The topological polar surface area (TPSA) is 70.6 Å². The quantitative estimate of drug-likeness (QED) is 0.479. The van der Waals surface area contributed by atoms with E-state index in [9.17, 15) is 18.0 Å². The molecular formula is C24H25BrF3N5O2. The number of ether oxygens (including phenoxy) is 1. The van der Waals surface area contributed by atoms with E-state index in [0.29, 0.717) is 36.4 Å². The molecule has 0 radical (unpaired) electrons. The van der Waals surface area contributed by atoms with Crippen LogP contribution in [-0.4, -0.2) is 55.5 Å². The van der Waals surface area contributed by atoms with Crippen LogP contribution in [0.25, 0.3) is 10.9 Å². The van der Waals surface area contributed by atoms with Crippen LogP contribution in [0.15, 0.2) is 46.9 Å². The minimum Gasteiger partial charge on any atom is -0.405 e. The number of fused-ring (bicyclic) bond motifs is 1. The third-order valence-electron chi connectivity index (χ3n) is 5.74. The fourth-order valence-electron chi connectivity index (χ4n) is 4.10. The number of hydrogen-bond donors (Lipinski definition) is 1. The van der Waals surface area contributed by atoms with Crippen molar-refractivity contribution in [1.82, 2.24) is 15.3 Å². The first kappa shape index (κ1) is 25.0. The van der Waals surface area contributed by atoms with E-state index in [1.807, 2.05) is 43.3 Å². The molecule has 4 rings (SSSR count). The number of carbonyl (C=O) groups excluding carboxylic acids is 1. The molecule has 3 aromatic rings. The maximum Gasteiger partial charge on any atom is 0.573 e. The van der Waals surface area contributed by atoms with Crippen molar-refractivity contribution >= 4 is 44.5 Å². The summed E-state index contributed by atoms with van der Waals surface area (Å²) in [7, 11) is 3.88. The number of hydrogen-bond acceptors (Lipinski definition) is 6. The monoisotopic (exact) mass is 551 g/mol. The minimum absolute atomic E-state index is 0.0880. The van der Waals surface area contributed by atoms with Gasteiger partial charge < -0.3 is 19.9 Å². The fraction of sp³-hybridized carbons (Fsp3) is 0.375. The summed E-state index contributed by atoms with van der Waals surface area (Å²) in [5.74, 6) is 0.741. The molecule has 0 aliphatic carbocycles. The summed E-state index contributed by atoms with van der Waals surface area (Å²) in [5.41, 5.74) is 1.03. The smallest absolute Gasteiger partial charge is 0.405 e. The number of carbonyl (C=O) groups is 1. The predicted octanol–water partition coefficient (Wildman–Crippen LogP) is 4.68. The zero-order chi connectivity index (χ0) is 25.2. The first-order valence-corrected chi connectivity index (χ1v) is 11.9. The molecule has 1 amide bonds. The van der Waals surface area contributed by atoms with Gasteiger partial charge in [-0.05, 0) is 37.1 Å². The maximum absolute atomic E-state index is 12.7. The number of para-hydroxylation sites is 1. The van der Waals surface area contributed by atoms with Crippen LogP contribution in [0, 0.1) is 0 Å². The van der Waals surface area contributed by atoms with E-state index in [1.54, 1.807) is 6.07 Å². The molecule has 2 heterocycles. The average Bonchev–Trinajstić information content (AvgIpc) is 2.79. The van der Waals surface area contributed by atoms with E-state index in [-0.39, 0.29) is 29.7 Å². The summed E-state index contributed by atoms with van der Waals surface area (Å²) in [5, 5.41) is 3.92. The number of nitrogens with zero attached hydrogens (tertiary/aromatic N) is 4. The third kappa shape index (κ3) is 6.33. The highest BCUT2D eigenvalue weighted by molar-refractivity contribution is 9.10. The zero-order valence-electron chi connectivity index (χ0n) is 19.3. The van der Waals surface area contributed by atoms with Crippen molar-refractivity contribution in [2.75, 3.05) is 37.0 Å². The van der Waals surface area contributed by atoms with Gasteiger partial charge in [0.25, 0.3) is 0 Å². The normalized spacial score (nSPS) is 14.7. The number of nitrogens with one attached hydrogen (secondary N) is 1. The first-order chi connectivity index (χ1) is 16.6. The minimum atomic E-state index is -4.84. The first-order valence-electron chi connectivity index (χ1n) is 11.1. The highest BCUT2D eigenvalue weighted by Crippen LogP contribution is 2.30. The second-order valence-electron chi connectivity index (χ2n) is 8.56. The molecule has 1 aromatic heterocycles. The van der Waals surface area contributed by atoms with E-state index < -0.39 is 6.36 Å². The molecule has 0 saturated carbocycles.